The van der Waals surface area contributed by atoms with E-state index in [1.165, 1.54) is 0 Å². The molecule has 6 nitrogen and oxygen atoms in total. The van der Waals surface area contributed by atoms with E-state index in [1.807, 2.05) is 49.4 Å². The fraction of sp³-hybridized carbons (Fsp3) is 0.227. The molecule has 2 aromatic carbocycles. The minimum atomic E-state index is -0.165. The molecule has 0 atom stereocenters. The van der Waals surface area contributed by atoms with Gasteiger partial charge in [0.1, 0.15) is 5.76 Å². The molecule has 3 aromatic rings. The quantitative estimate of drug-likeness (QED) is 0.620. The fourth-order valence-electron chi connectivity index (χ4n) is 2.80. The van der Waals surface area contributed by atoms with E-state index in [0.717, 1.165) is 11.1 Å². The molecule has 0 bridgehead atoms. The van der Waals surface area contributed by atoms with Gasteiger partial charge in [0, 0.05) is 24.2 Å². The number of hydrogen-bond donors (Lipinski definition) is 2. The topological polar surface area (TPSA) is 84.2 Å². The van der Waals surface area contributed by atoms with Crippen LogP contribution in [0.3, 0.4) is 0 Å². The Labute approximate surface area is 164 Å². The first-order valence-electron chi connectivity index (χ1n) is 9.17. The maximum Gasteiger partial charge on any atom is 0.251 e. The van der Waals surface area contributed by atoms with Gasteiger partial charge in [0.15, 0.2) is 0 Å². The second-order valence-electron chi connectivity index (χ2n) is 6.49. The Morgan fingerprint density at radius 1 is 0.929 bits per heavy atom. The van der Waals surface area contributed by atoms with Crippen molar-refractivity contribution in [3.63, 3.8) is 0 Å². The van der Waals surface area contributed by atoms with Crippen LogP contribution in [0.4, 0.5) is 0 Å². The third-order valence-corrected chi connectivity index (χ3v) is 4.36. The highest BCUT2D eigenvalue weighted by Gasteiger charge is 2.15. The average molecular weight is 377 g/mol. The Balaban J connectivity index is 1.49. The molecular formula is C22H23N3O3. The Morgan fingerprint density at radius 2 is 1.61 bits per heavy atom. The van der Waals surface area contributed by atoms with Gasteiger partial charge in [0.05, 0.1) is 12.1 Å². The van der Waals surface area contributed by atoms with Crippen LogP contribution in [0, 0.1) is 13.8 Å². The summed E-state index contributed by atoms with van der Waals surface area (Å²) < 4.78 is 5.74. The summed E-state index contributed by atoms with van der Waals surface area (Å²) >= 11 is 0. The fourth-order valence-corrected chi connectivity index (χ4v) is 2.80. The molecule has 0 radical (unpaired) electrons. The molecule has 0 aliphatic heterocycles. The largest absolute Gasteiger partial charge is 0.441 e. The van der Waals surface area contributed by atoms with Crippen LogP contribution in [0.5, 0.6) is 0 Å². The molecule has 28 heavy (non-hydrogen) atoms. The summed E-state index contributed by atoms with van der Waals surface area (Å²) in [5.41, 5.74) is 3.19. The molecule has 0 fully saturated rings. The summed E-state index contributed by atoms with van der Waals surface area (Å²) in [7, 11) is 0. The zero-order valence-electron chi connectivity index (χ0n) is 16.0. The molecule has 0 aliphatic rings. The Kier molecular flexibility index (Phi) is 6.22. The zero-order valence-corrected chi connectivity index (χ0v) is 16.0. The van der Waals surface area contributed by atoms with E-state index in [4.69, 9.17) is 4.42 Å². The van der Waals surface area contributed by atoms with E-state index in [0.29, 0.717) is 36.0 Å². The lowest BCUT2D eigenvalue weighted by Crippen LogP contribution is -2.35. The van der Waals surface area contributed by atoms with E-state index in [9.17, 15) is 9.59 Å². The van der Waals surface area contributed by atoms with Gasteiger partial charge in [-0.25, -0.2) is 4.98 Å². The van der Waals surface area contributed by atoms with E-state index < -0.39 is 0 Å². The number of carbonyl (C=O) groups is 2. The number of aromatic nitrogens is 1. The second-order valence-corrected chi connectivity index (χ2v) is 6.49. The van der Waals surface area contributed by atoms with Crippen molar-refractivity contribution in [1.82, 2.24) is 15.6 Å². The molecular weight excluding hydrogens is 354 g/mol. The Morgan fingerprint density at radius 3 is 2.36 bits per heavy atom. The van der Waals surface area contributed by atoms with Gasteiger partial charge in [-0.15, -0.1) is 0 Å². The lowest BCUT2D eigenvalue weighted by molar-refractivity contribution is -0.120. The maximum atomic E-state index is 12.2. The Hall–Kier alpha value is -3.41. The van der Waals surface area contributed by atoms with Gasteiger partial charge < -0.3 is 15.1 Å². The SMILES string of the molecule is Cc1ccccc1-c1nc(CC(=O)NCCNC(=O)c2ccccc2)c(C)o1. The van der Waals surface area contributed by atoms with Crippen LogP contribution in [0.1, 0.15) is 27.4 Å². The monoisotopic (exact) mass is 377 g/mol. The van der Waals surface area contributed by atoms with Gasteiger partial charge >= 0.3 is 0 Å². The first kappa shape index (κ1) is 19.4. The van der Waals surface area contributed by atoms with Gasteiger partial charge in [-0.3, -0.25) is 9.59 Å². The number of carbonyl (C=O) groups excluding carboxylic acids is 2. The highest BCUT2D eigenvalue weighted by atomic mass is 16.4. The number of hydrogen-bond acceptors (Lipinski definition) is 4. The highest BCUT2D eigenvalue weighted by Crippen LogP contribution is 2.24. The van der Waals surface area contributed by atoms with Gasteiger partial charge in [-0.05, 0) is 37.6 Å². The number of nitrogens with one attached hydrogen (secondary N) is 2. The van der Waals surface area contributed by atoms with Crippen molar-refractivity contribution < 1.29 is 14.0 Å². The first-order chi connectivity index (χ1) is 13.5. The van der Waals surface area contributed by atoms with Gasteiger partial charge in [-0.1, -0.05) is 36.4 Å². The van der Waals surface area contributed by atoms with Gasteiger partial charge in [0.25, 0.3) is 5.91 Å². The predicted octanol–water partition coefficient (Wildman–Crippen LogP) is 3.05. The molecule has 6 heteroatoms. The molecule has 1 aromatic heterocycles. The average Bonchev–Trinajstić information content (AvgIpc) is 3.06. The summed E-state index contributed by atoms with van der Waals surface area (Å²) in [6, 6.07) is 16.8. The molecule has 144 valence electrons. The zero-order chi connectivity index (χ0) is 19.9. The van der Waals surface area contributed by atoms with Crippen LogP contribution >= 0.6 is 0 Å². The number of benzene rings is 2. The van der Waals surface area contributed by atoms with Crippen LogP contribution in [-0.2, 0) is 11.2 Å². The van der Waals surface area contributed by atoms with E-state index in [1.54, 1.807) is 19.1 Å². The van der Waals surface area contributed by atoms with E-state index in [-0.39, 0.29) is 18.2 Å². The minimum Gasteiger partial charge on any atom is -0.441 e. The van der Waals surface area contributed by atoms with Crippen molar-refractivity contribution in [1.29, 1.82) is 0 Å². The lowest BCUT2D eigenvalue weighted by atomic mass is 10.1. The highest BCUT2D eigenvalue weighted by molar-refractivity contribution is 5.94. The molecule has 0 saturated carbocycles. The Bertz CT molecular complexity index is 964. The number of aryl methyl sites for hydroxylation is 2. The summed E-state index contributed by atoms with van der Waals surface area (Å²) in [6.07, 6.45) is 0.133. The van der Waals surface area contributed by atoms with Crippen molar-refractivity contribution >= 4 is 11.8 Å². The number of nitrogens with zero attached hydrogens (tertiary/aromatic N) is 1. The molecule has 0 aliphatic carbocycles. The van der Waals surface area contributed by atoms with Crippen molar-refractivity contribution in [2.45, 2.75) is 20.3 Å². The molecule has 0 unspecified atom stereocenters. The van der Waals surface area contributed by atoms with Crippen LogP contribution in [-0.4, -0.2) is 29.9 Å². The first-order valence-corrected chi connectivity index (χ1v) is 9.17. The van der Waals surface area contributed by atoms with Crippen LogP contribution in [0.25, 0.3) is 11.5 Å². The van der Waals surface area contributed by atoms with Gasteiger partial charge in [-0.2, -0.15) is 0 Å². The van der Waals surface area contributed by atoms with E-state index >= 15 is 0 Å². The molecule has 0 spiro atoms. The number of rotatable bonds is 7. The number of amides is 2. The molecule has 0 saturated heterocycles. The van der Waals surface area contributed by atoms with Crippen molar-refractivity contribution in [2.75, 3.05) is 13.1 Å². The molecule has 1 heterocycles. The lowest BCUT2D eigenvalue weighted by Gasteiger charge is -2.06. The summed E-state index contributed by atoms with van der Waals surface area (Å²) in [5.74, 6) is 0.825. The standard InChI is InChI=1S/C22H23N3O3/c1-15-8-6-7-11-18(15)22-25-19(16(2)28-22)14-20(26)23-12-13-24-21(27)17-9-4-3-5-10-17/h3-11H,12-14H2,1-2H3,(H,23,26)(H,24,27). The van der Waals surface area contributed by atoms with Crippen LogP contribution in [0.15, 0.2) is 59.0 Å². The summed E-state index contributed by atoms with van der Waals surface area (Å²) in [5, 5.41) is 5.56. The molecule has 2 amide bonds. The van der Waals surface area contributed by atoms with Crippen LogP contribution in [0.2, 0.25) is 0 Å². The van der Waals surface area contributed by atoms with Crippen LogP contribution < -0.4 is 10.6 Å². The number of oxazole rings is 1. The third kappa shape index (κ3) is 4.85. The van der Waals surface area contributed by atoms with E-state index in [2.05, 4.69) is 15.6 Å². The van der Waals surface area contributed by atoms with Crippen molar-refractivity contribution in [2.24, 2.45) is 0 Å². The summed E-state index contributed by atoms with van der Waals surface area (Å²) in [6.45, 7) is 4.49. The van der Waals surface area contributed by atoms with Crippen molar-refractivity contribution in [3.8, 4) is 11.5 Å². The second kappa shape index (κ2) is 8.99. The molecule has 3 rings (SSSR count). The summed E-state index contributed by atoms with van der Waals surface area (Å²) in [4.78, 5) is 28.6. The van der Waals surface area contributed by atoms with Crippen molar-refractivity contribution in [3.05, 3.63) is 77.2 Å². The molecule has 2 N–H and O–H groups in total. The minimum absolute atomic E-state index is 0.133. The predicted molar refractivity (Wildman–Crippen MR) is 107 cm³/mol. The third-order valence-electron chi connectivity index (χ3n) is 4.36. The maximum absolute atomic E-state index is 12.2. The smallest absolute Gasteiger partial charge is 0.251 e. The van der Waals surface area contributed by atoms with Gasteiger partial charge in [0.2, 0.25) is 11.8 Å². The normalized spacial score (nSPS) is 10.5.